The van der Waals surface area contributed by atoms with Gasteiger partial charge in [-0.1, -0.05) is 29.8 Å². The second-order valence-electron chi connectivity index (χ2n) is 4.60. The molecule has 0 heterocycles. The number of hydrogen-bond acceptors (Lipinski definition) is 2. The Balaban J connectivity index is 2.23. The summed E-state index contributed by atoms with van der Waals surface area (Å²) in [6.45, 7) is 4.92. The van der Waals surface area contributed by atoms with Gasteiger partial charge in [-0.25, -0.2) is 0 Å². The summed E-state index contributed by atoms with van der Waals surface area (Å²) in [4.78, 5) is 10.6. The van der Waals surface area contributed by atoms with E-state index in [-0.39, 0.29) is 5.91 Å². The van der Waals surface area contributed by atoms with E-state index in [0.29, 0.717) is 19.0 Å². The molecule has 0 fully saturated rings. The molecule has 1 amide bonds. The van der Waals surface area contributed by atoms with Crippen molar-refractivity contribution in [2.45, 2.75) is 39.2 Å². The minimum Gasteiger partial charge on any atom is -0.370 e. The van der Waals surface area contributed by atoms with E-state index in [1.807, 2.05) is 0 Å². The highest BCUT2D eigenvalue weighted by atomic mass is 16.1. The van der Waals surface area contributed by atoms with Gasteiger partial charge in [-0.3, -0.25) is 4.79 Å². The Morgan fingerprint density at radius 2 is 2.24 bits per heavy atom. The first-order valence-corrected chi connectivity index (χ1v) is 6.15. The van der Waals surface area contributed by atoms with Crippen molar-refractivity contribution >= 4 is 5.91 Å². The number of nitrogens with two attached hydrogens (primary N) is 1. The molecule has 0 aliphatic rings. The van der Waals surface area contributed by atoms with Crippen molar-refractivity contribution < 1.29 is 4.79 Å². The van der Waals surface area contributed by atoms with Crippen molar-refractivity contribution in [3.8, 4) is 0 Å². The number of carbonyl (C=O) groups is 1. The predicted molar refractivity (Wildman–Crippen MR) is 70.8 cm³/mol. The summed E-state index contributed by atoms with van der Waals surface area (Å²) in [6.07, 6.45) is 2.55. The van der Waals surface area contributed by atoms with Crippen molar-refractivity contribution in [1.82, 2.24) is 5.32 Å². The molecule has 1 atom stereocenters. The first-order valence-electron chi connectivity index (χ1n) is 6.15. The van der Waals surface area contributed by atoms with Gasteiger partial charge in [0.2, 0.25) is 5.91 Å². The number of carbonyl (C=O) groups excluding carboxylic acids is 1. The molecule has 0 aliphatic heterocycles. The third-order valence-electron chi connectivity index (χ3n) is 2.81. The van der Waals surface area contributed by atoms with E-state index in [9.17, 15) is 4.79 Å². The first kappa shape index (κ1) is 13.7. The maximum atomic E-state index is 10.6. The quantitative estimate of drug-likeness (QED) is 0.755. The lowest BCUT2D eigenvalue weighted by Crippen LogP contribution is -2.30. The number of hydrogen-bond donors (Lipinski definition) is 2. The number of primary amides is 1. The van der Waals surface area contributed by atoms with Crippen LogP contribution in [0.4, 0.5) is 0 Å². The summed E-state index contributed by atoms with van der Waals surface area (Å²) in [7, 11) is 0. The Bertz CT molecular complexity index is 363. The topological polar surface area (TPSA) is 55.1 Å². The second-order valence-corrected chi connectivity index (χ2v) is 4.60. The molecule has 0 spiro atoms. The molecule has 1 unspecified atom stereocenters. The van der Waals surface area contributed by atoms with E-state index in [2.05, 4.69) is 43.4 Å². The zero-order valence-corrected chi connectivity index (χ0v) is 10.7. The highest BCUT2D eigenvalue weighted by Crippen LogP contribution is 2.07. The number of nitrogens with one attached hydrogen (secondary N) is 1. The van der Waals surface area contributed by atoms with E-state index >= 15 is 0 Å². The molecular weight excluding hydrogens is 212 g/mol. The Kier molecular flexibility index (Phi) is 5.70. The van der Waals surface area contributed by atoms with Crippen molar-refractivity contribution in [3.05, 3.63) is 35.4 Å². The van der Waals surface area contributed by atoms with Gasteiger partial charge in [0.1, 0.15) is 0 Å². The summed E-state index contributed by atoms with van der Waals surface area (Å²) in [5.74, 6) is -0.247. The lowest BCUT2D eigenvalue weighted by molar-refractivity contribution is -0.117. The minimum atomic E-state index is -0.247. The monoisotopic (exact) mass is 234 g/mol. The third-order valence-corrected chi connectivity index (χ3v) is 2.81. The van der Waals surface area contributed by atoms with Gasteiger partial charge in [0, 0.05) is 19.0 Å². The lowest BCUT2D eigenvalue weighted by atomic mass is 10.0. The maximum Gasteiger partial charge on any atom is 0.218 e. The van der Waals surface area contributed by atoms with Crippen LogP contribution in [-0.4, -0.2) is 18.5 Å². The number of amides is 1. The molecule has 0 saturated heterocycles. The fourth-order valence-electron chi connectivity index (χ4n) is 1.79. The van der Waals surface area contributed by atoms with Crippen molar-refractivity contribution in [3.63, 3.8) is 0 Å². The van der Waals surface area contributed by atoms with Crippen LogP contribution in [0.3, 0.4) is 0 Å². The second kappa shape index (κ2) is 7.07. The van der Waals surface area contributed by atoms with Crippen molar-refractivity contribution in [2.24, 2.45) is 5.73 Å². The average molecular weight is 234 g/mol. The molecule has 0 radical (unpaired) electrons. The van der Waals surface area contributed by atoms with Gasteiger partial charge >= 0.3 is 0 Å². The molecule has 3 N–H and O–H groups in total. The zero-order chi connectivity index (χ0) is 12.7. The highest BCUT2D eigenvalue weighted by Gasteiger charge is 2.03. The van der Waals surface area contributed by atoms with E-state index in [1.165, 1.54) is 11.1 Å². The van der Waals surface area contributed by atoms with Crippen LogP contribution < -0.4 is 11.1 Å². The first-order chi connectivity index (χ1) is 8.08. The maximum absolute atomic E-state index is 10.6. The molecule has 1 aromatic rings. The summed E-state index contributed by atoms with van der Waals surface area (Å²) in [5, 5.41) is 3.30. The third kappa shape index (κ3) is 6.07. The van der Waals surface area contributed by atoms with Gasteiger partial charge < -0.3 is 11.1 Å². The standard InChI is InChI=1S/C14H22N2O/c1-11-4-3-5-13(10-11)7-6-12(2)16-9-8-14(15)17/h3-5,10,12,16H,6-9H2,1-2H3,(H2,15,17). The van der Waals surface area contributed by atoms with E-state index in [1.54, 1.807) is 0 Å². The van der Waals surface area contributed by atoms with E-state index < -0.39 is 0 Å². The van der Waals surface area contributed by atoms with Crippen molar-refractivity contribution in [2.75, 3.05) is 6.54 Å². The fourth-order valence-corrected chi connectivity index (χ4v) is 1.79. The van der Waals surface area contributed by atoms with Gasteiger partial charge in [0.05, 0.1) is 0 Å². The van der Waals surface area contributed by atoms with Gasteiger partial charge in [-0.15, -0.1) is 0 Å². The molecule has 94 valence electrons. The van der Waals surface area contributed by atoms with Crippen LogP contribution in [0.15, 0.2) is 24.3 Å². The number of benzene rings is 1. The molecular formula is C14H22N2O. The Morgan fingerprint density at radius 1 is 1.47 bits per heavy atom. The van der Waals surface area contributed by atoms with Gasteiger partial charge in [-0.05, 0) is 32.3 Å². The lowest BCUT2D eigenvalue weighted by Gasteiger charge is -2.13. The minimum absolute atomic E-state index is 0.247. The van der Waals surface area contributed by atoms with Crippen LogP contribution in [0.1, 0.15) is 30.9 Å². The van der Waals surface area contributed by atoms with Crippen LogP contribution in [-0.2, 0) is 11.2 Å². The van der Waals surface area contributed by atoms with Gasteiger partial charge in [0.25, 0.3) is 0 Å². The molecule has 1 aromatic carbocycles. The van der Waals surface area contributed by atoms with Gasteiger partial charge in [-0.2, -0.15) is 0 Å². The molecule has 1 rings (SSSR count). The SMILES string of the molecule is Cc1cccc(CCC(C)NCCC(N)=O)c1. The van der Waals surface area contributed by atoms with Crippen molar-refractivity contribution in [1.29, 1.82) is 0 Å². The molecule has 0 bridgehead atoms. The fraction of sp³-hybridized carbons (Fsp3) is 0.500. The smallest absolute Gasteiger partial charge is 0.218 e. The van der Waals surface area contributed by atoms with Crippen LogP contribution in [0.5, 0.6) is 0 Å². The summed E-state index contributed by atoms with van der Waals surface area (Å²) >= 11 is 0. The van der Waals surface area contributed by atoms with Crippen LogP contribution in [0.25, 0.3) is 0 Å². The molecule has 3 nitrogen and oxygen atoms in total. The van der Waals surface area contributed by atoms with Crippen LogP contribution in [0.2, 0.25) is 0 Å². The molecule has 0 aromatic heterocycles. The summed E-state index contributed by atoms with van der Waals surface area (Å²) < 4.78 is 0. The molecule has 0 aliphatic carbocycles. The van der Waals surface area contributed by atoms with Crippen LogP contribution in [0, 0.1) is 6.92 Å². The average Bonchev–Trinajstić information content (AvgIpc) is 2.26. The Hall–Kier alpha value is -1.35. The van der Waals surface area contributed by atoms with E-state index in [0.717, 1.165) is 12.8 Å². The largest absolute Gasteiger partial charge is 0.370 e. The van der Waals surface area contributed by atoms with Crippen LogP contribution >= 0.6 is 0 Å². The molecule has 0 saturated carbocycles. The summed E-state index contributed by atoms with van der Waals surface area (Å²) in [6, 6.07) is 8.99. The predicted octanol–water partition coefficient (Wildman–Crippen LogP) is 1.78. The highest BCUT2D eigenvalue weighted by molar-refractivity contribution is 5.73. The van der Waals surface area contributed by atoms with Gasteiger partial charge in [0.15, 0.2) is 0 Å². The van der Waals surface area contributed by atoms with E-state index in [4.69, 9.17) is 5.73 Å². The zero-order valence-electron chi connectivity index (χ0n) is 10.7. The Labute approximate surface area is 103 Å². The molecule has 17 heavy (non-hydrogen) atoms. The number of aryl methyl sites for hydroxylation is 2. The number of rotatable bonds is 7. The Morgan fingerprint density at radius 3 is 2.88 bits per heavy atom. The summed E-state index contributed by atoms with van der Waals surface area (Å²) in [5.41, 5.74) is 7.75. The molecule has 3 heteroatoms. The normalized spacial score (nSPS) is 12.4.